The largest absolute Gasteiger partial charge is 0.495 e. The zero-order valence-corrected chi connectivity index (χ0v) is 17.9. The van der Waals surface area contributed by atoms with E-state index in [9.17, 15) is 9.59 Å². The molecule has 1 saturated carbocycles. The number of ether oxygens (including phenoxy) is 1. The Bertz CT molecular complexity index is 925. The number of rotatable bonds is 7. The fraction of sp³-hybridized carbons (Fsp3) is 0.500. The molecule has 2 aliphatic rings. The van der Waals surface area contributed by atoms with E-state index < -0.39 is 0 Å². The fourth-order valence-electron chi connectivity index (χ4n) is 4.02. The van der Waals surface area contributed by atoms with Crippen LogP contribution in [0.3, 0.4) is 0 Å². The van der Waals surface area contributed by atoms with E-state index in [2.05, 4.69) is 15.5 Å². The highest BCUT2D eigenvalue weighted by Gasteiger charge is 2.29. The second kappa shape index (κ2) is 9.08. The van der Waals surface area contributed by atoms with E-state index in [-0.39, 0.29) is 11.8 Å². The Hall–Kier alpha value is -2.54. The van der Waals surface area contributed by atoms with Crippen LogP contribution in [0.5, 0.6) is 5.75 Å². The molecular formula is C22H27ClN4O3. The van der Waals surface area contributed by atoms with Crippen LogP contribution in [0, 0.1) is 5.92 Å². The first-order valence-electron chi connectivity index (χ1n) is 10.5. The van der Waals surface area contributed by atoms with Crippen molar-refractivity contribution < 1.29 is 14.3 Å². The van der Waals surface area contributed by atoms with Crippen LogP contribution in [0.2, 0.25) is 5.02 Å². The van der Waals surface area contributed by atoms with Gasteiger partial charge < -0.3 is 15.0 Å². The van der Waals surface area contributed by atoms with Gasteiger partial charge in [-0.15, -0.1) is 0 Å². The molecule has 1 aromatic carbocycles. The number of carbonyl (C=O) groups excluding carboxylic acids is 2. The van der Waals surface area contributed by atoms with Crippen molar-refractivity contribution in [2.24, 2.45) is 5.92 Å². The van der Waals surface area contributed by atoms with Gasteiger partial charge in [-0.1, -0.05) is 11.6 Å². The first kappa shape index (κ1) is 20.7. The van der Waals surface area contributed by atoms with Gasteiger partial charge in [0.25, 0.3) is 5.91 Å². The van der Waals surface area contributed by atoms with E-state index >= 15 is 0 Å². The van der Waals surface area contributed by atoms with Gasteiger partial charge in [-0.25, -0.2) is 0 Å². The highest BCUT2D eigenvalue weighted by molar-refractivity contribution is 6.31. The lowest BCUT2D eigenvalue weighted by molar-refractivity contribution is -0.116. The molecule has 30 heavy (non-hydrogen) atoms. The molecule has 0 spiro atoms. The predicted molar refractivity (Wildman–Crippen MR) is 115 cm³/mol. The Morgan fingerprint density at radius 3 is 2.90 bits per heavy atom. The predicted octanol–water partition coefficient (Wildman–Crippen LogP) is 4.22. The number of piperidine rings is 1. The number of H-pyrrole nitrogens is 1. The molecule has 1 aliphatic heterocycles. The minimum absolute atomic E-state index is 0.0176. The molecule has 2 heterocycles. The third-order valence-corrected chi connectivity index (χ3v) is 6.09. The van der Waals surface area contributed by atoms with Gasteiger partial charge in [-0.3, -0.25) is 14.7 Å². The summed E-state index contributed by atoms with van der Waals surface area (Å²) in [6.45, 7) is 1.41. The SMILES string of the molecule is COc1ccc(Cl)cc1NC(=O)CC[C@H]1CCCN(C(=O)c2cc(C3CC3)[nH]n2)C1. The molecule has 4 rings (SSSR count). The van der Waals surface area contributed by atoms with Gasteiger partial charge in [0.15, 0.2) is 0 Å². The number of carbonyl (C=O) groups is 2. The van der Waals surface area contributed by atoms with Crippen molar-refractivity contribution >= 4 is 29.1 Å². The highest BCUT2D eigenvalue weighted by Crippen LogP contribution is 2.39. The summed E-state index contributed by atoms with van der Waals surface area (Å²) in [7, 11) is 1.56. The summed E-state index contributed by atoms with van der Waals surface area (Å²) >= 11 is 6.02. The number of aromatic nitrogens is 2. The van der Waals surface area contributed by atoms with Crippen LogP contribution < -0.4 is 10.1 Å². The van der Waals surface area contributed by atoms with Crippen LogP contribution in [0.15, 0.2) is 24.3 Å². The molecule has 1 saturated heterocycles. The van der Waals surface area contributed by atoms with Crippen LogP contribution in [0.1, 0.15) is 60.6 Å². The van der Waals surface area contributed by atoms with Gasteiger partial charge in [0.05, 0.1) is 12.8 Å². The average Bonchev–Trinajstić information content (AvgIpc) is 3.49. The molecule has 160 valence electrons. The molecule has 0 bridgehead atoms. The van der Waals surface area contributed by atoms with E-state index in [4.69, 9.17) is 16.3 Å². The quantitative estimate of drug-likeness (QED) is 0.688. The molecule has 1 aliphatic carbocycles. The van der Waals surface area contributed by atoms with Crippen LogP contribution >= 0.6 is 11.6 Å². The molecule has 2 N–H and O–H groups in total. The van der Waals surface area contributed by atoms with Crippen molar-refractivity contribution in [3.63, 3.8) is 0 Å². The van der Waals surface area contributed by atoms with Crippen molar-refractivity contribution in [2.45, 2.75) is 44.4 Å². The number of likely N-dealkylation sites (tertiary alicyclic amines) is 1. The summed E-state index contributed by atoms with van der Waals surface area (Å²) in [6.07, 6.45) is 5.42. The summed E-state index contributed by atoms with van der Waals surface area (Å²) in [5, 5.41) is 10.6. The molecular weight excluding hydrogens is 404 g/mol. The summed E-state index contributed by atoms with van der Waals surface area (Å²) in [5.41, 5.74) is 2.14. The molecule has 0 radical (unpaired) electrons. The Morgan fingerprint density at radius 1 is 1.30 bits per heavy atom. The standard InChI is InChI=1S/C22H27ClN4O3/c1-30-20-8-7-16(23)11-18(20)24-21(28)9-4-14-3-2-10-27(13-14)22(29)19-12-17(25-26-19)15-5-6-15/h7-8,11-12,14-15H,2-6,9-10,13H2,1H3,(H,24,28)(H,25,26)/t14-/m1/s1. The first-order chi connectivity index (χ1) is 14.5. The number of nitrogens with one attached hydrogen (secondary N) is 2. The number of nitrogens with zero attached hydrogens (tertiary/aromatic N) is 2. The number of anilines is 1. The van der Waals surface area contributed by atoms with E-state index in [0.717, 1.165) is 31.5 Å². The molecule has 2 fully saturated rings. The molecule has 2 amide bonds. The van der Waals surface area contributed by atoms with Crippen LogP contribution in [0.4, 0.5) is 5.69 Å². The second-order valence-corrected chi connectivity index (χ2v) is 8.61. The average molecular weight is 431 g/mol. The van der Waals surface area contributed by atoms with Crippen molar-refractivity contribution in [3.05, 3.63) is 40.7 Å². The van der Waals surface area contributed by atoms with Crippen LogP contribution in [-0.4, -0.2) is 47.1 Å². The lowest BCUT2D eigenvalue weighted by atomic mass is 9.93. The normalized spacial score (nSPS) is 18.9. The monoisotopic (exact) mass is 430 g/mol. The minimum atomic E-state index is -0.0830. The Labute approximate surface area is 181 Å². The molecule has 7 nitrogen and oxygen atoms in total. The van der Waals surface area contributed by atoms with E-state index in [1.54, 1.807) is 25.3 Å². The number of halogens is 1. The van der Waals surface area contributed by atoms with E-state index in [1.165, 1.54) is 12.8 Å². The number of benzene rings is 1. The number of hydrogen-bond acceptors (Lipinski definition) is 4. The maximum Gasteiger partial charge on any atom is 0.274 e. The smallest absolute Gasteiger partial charge is 0.274 e. The zero-order chi connectivity index (χ0) is 21.1. The lowest BCUT2D eigenvalue weighted by Crippen LogP contribution is -2.40. The lowest BCUT2D eigenvalue weighted by Gasteiger charge is -2.32. The maximum atomic E-state index is 12.8. The minimum Gasteiger partial charge on any atom is -0.495 e. The number of hydrogen-bond donors (Lipinski definition) is 2. The summed E-state index contributed by atoms with van der Waals surface area (Å²) in [6, 6.07) is 7.03. The molecule has 0 unspecified atom stereocenters. The fourth-order valence-corrected chi connectivity index (χ4v) is 4.19. The third kappa shape index (κ3) is 4.95. The highest BCUT2D eigenvalue weighted by atomic mass is 35.5. The van der Waals surface area contributed by atoms with Crippen molar-refractivity contribution in [1.29, 1.82) is 0 Å². The third-order valence-electron chi connectivity index (χ3n) is 5.86. The summed E-state index contributed by atoms with van der Waals surface area (Å²) in [4.78, 5) is 27.1. The summed E-state index contributed by atoms with van der Waals surface area (Å²) in [5.74, 6) is 1.32. The van der Waals surface area contributed by atoms with Crippen molar-refractivity contribution in [2.75, 3.05) is 25.5 Å². The van der Waals surface area contributed by atoms with Crippen LogP contribution in [-0.2, 0) is 4.79 Å². The second-order valence-electron chi connectivity index (χ2n) is 8.17. The van der Waals surface area contributed by atoms with Gasteiger partial charge in [0, 0.05) is 36.1 Å². The Morgan fingerprint density at radius 2 is 2.13 bits per heavy atom. The number of methoxy groups -OCH3 is 1. The van der Waals surface area contributed by atoms with E-state index in [1.807, 2.05) is 11.0 Å². The van der Waals surface area contributed by atoms with Crippen molar-refractivity contribution in [3.8, 4) is 5.75 Å². The Kier molecular flexibility index (Phi) is 6.27. The van der Waals surface area contributed by atoms with Gasteiger partial charge >= 0.3 is 0 Å². The molecule has 1 atom stereocenters. The maximum absolute atomic E-state index is 12.8. The van der Waals surface area contributed by atoms with Crippen LogP contribution in [0.25, 0.3) is 0 Å². The van der Waals surface area contributed by atoms with Gasteiger partial charge in [-0.2, -0.15) is 5.10 Å². The zero-order valence-electron chi connectivity index (χ0n) is 17.1. The van der Waals surface area contributed by atoms with E-state index in [0.29, 0.717) is 47.0 Å². The first-order valence-corrected chi connectivity index (χ1v) is 10.9. The Balaban J connectivity index is 1.29. The van der Waals surface area contributed by atoms with Gasteiger partial charge in [-0.05, 0) is 62.3 Å². The molecule has 2 aromatic rings. The number of aromatic amines is 1. The molecule has 1 aromatic heterocycles. The number of amides is 2. The van der Waals surface area contributed by atoms with Gasteiger partial charge in [0.2, 0.25) is 5.91 Å². The topological polar surface area (TPSA) is 87.3 Å². The summed E-state index contributed by atoms with van der Waals surface area (Å²) < 4.78 is 5.27. The van der Waals surface area contributed by atoms with Gasteiger partial charge in [0.1, 0.15) is 11.4 Å². The van der Waals surface area contributed by atoms with Crippen molar-refractivity contribution in [1.82, 2.24) is 15.1 Å². The molecule has 8 heteroatoms.